The molecule has 1 aliphatic rings. The highest BCUT2D eigenvalue weighted by atomic mass is 32.2. The molecule has 92 valence electrons. The van der Waals surface area contributed by atoms with Gasteiger partial charge in [-0.2, -0.15) is 11.8 Å². The third-order valence-corrected chi connectivity index (χ3v) is 3.87. The Bertz CT molecular complexity index is 252. The van der Waals surface area contributed by atoms with Crippen molar-refractivity contribution >= 4 is 23.6 Å². The van der Waals surface area contributed by atoms with Crippen LogP contribution in [0.1, 0.15) is 32.6 Å². The summed E-state index contributed by atoms with van der Waals surface area (Å²) in [5.74, 6) is 1.18. The van der Waals surface area contributed by atoms with Crippen LogP contribution in [0.15, 0.2) is 0 Å². The summed E-state index contributed by atoms with van der Waals surface area (Å²) < 4.78 is 0. The van der Waals surface area contributed by atoms with E-state index in [9.17, 15) is 9.59 Å². The molecule has 0 aliphatic carbocycles. The number of carbonyl (C=O) groups excluding carboxylic acids is 1. The quantitative estimate of drug-likeness (QED) is 0.744. The van der Waals surface area contributed by atoms with E-state index < -0.39 is 5.97 Å². The van der Waals surface area contributed by atoms with Crippen LogP contribution in [0.5, 0.6) is 0 Å². The van der Waals surface area contributed by atoms with Crippen molar-refractivity contribution < 1.29 is 14.7 Å². The van der Waals surface area contributed by atoms with Gasteiger partial charge >= 0.3 is 5.97 Å². The molecule has 0 aromatic rings. The van der Waals surface area contributed by atoms with E-state index in [1.54, 1.807) is 11.8 Å². The van der Waals surface area contributed by atoms with E-state index >= 15 is 0 Å². The lowest BCUT2D eigenvalue weighted by atomic mass is 10.0. The van der Waals surface area contributed by atoms with Gasteiger partial charge < -0.3 is 10.4 Å². The Labute approximate surface area is 100 Å². The average molecular weight is 245 g/mol. The molecule has 1 fully saturated rings. The van der Waals surface area contributed by atoms with Gasteiger partial charge in [-0.15, -0.1) is 0 Å². The number of hydrogen-bond acceptors (Lipinski definition) is 3. The van der Waals surface area contributed by atoms with Gasteiger partial charge in [0.15, 0.2) is 0 Å². The fraction of sp³-hybridized carbons (Fsp3) is 0.818. The normalized spacial score (nSPS) is 21.7. The number of carboxylic acids is 1. The summed E-state index contributed by atoms with van der Waals surface area (Å²) >= 11 is 1.79. The predicted octanol–water partition coefficient (Wildman–Crippen LogP) is 1.50. The molecule has 2 N–H and O–H groups in total. The summed E-state index contributed by atoms with van der Waals surface area (Å²) in [6, 6.07) is -0.208. The first-order valence-corrected chi connectivity index (χ1v) is 6.88. The number of nitrogens with one attached hydrogen (secondary N) is 1. The molecular formula is C11H19NO3S. The molecule has 1 saturated heterocycles. The molecular weight excluding hydrogens is 226 g/mol. The van der Waals surface area contributed by atoms with E-state index in [1.807, 2.05) is 6.92 Å². The van der Waals surface area contributed by atoms with Crippen LogP contribution in [0.2, 0.25) is 0 Å². The zero-order valence-electron chi connectivity index (χ0n) is 9.57. The molecule has 1 amide bonds. The van der Waals surface area contributed by atoms with Gasteiger partial charge in [0.25, 0.3) is 0 Å². The Balaban J connectivity index is 2.39. The van der Waals surface area contributed by atoms with Crippen molar-refractivity contribution in [3.05, 3.63) is 0 Å². The standard InChI is InChI=1S/C11H19NO3S/c1-2-3-9(6-10(13)14)12-11(15)8-4-5-16-7-8/h8-9H,2-7H2,1H3,(H,12,15)(H,13,14). The number of hydrogen-bond donors (Lipinski definition) is 2. The van der Waals surface area contributed by atoms with Gasteiger partial charge in [-0.1, -0.05) is 13.3 Å². The van der Waals surface area contributed by atoms with Crippen LogP contribution in [-0.2, 0) is 9.59 Å². The molecule has 2 atom stereocenters. The van der Waals surface area contributed by atoms with Crippen LogP contribution < -0.4 is 5.32 Å². The molecule has 0 radical (unpaired) electrons. The number of carboxylic acid groups (broad SMARTS) is 1. The summed E-state index contributed by atoms with van der Waals surface area (Å²) in [4.78, 5) is 22.4. The number of carbonyl (C=O) groups is 2. The topological polar surface area (TPSA) is 66.4 Å². The van der Waals surface area contributed by atoms with Crippen LogP contribution >= 0.6 is 11.8 Å². The first-order chi connectivity index (χ1) is 7.63. The van der Waals surface area contributed by atoms with E-state index in [0.29, 0.717) is 0 Å². The van der Waals surface area contributed by atoms with Gasteiger partial charge in [0.2, 0.25) is 5.91 Å². The second-order valence-corrected chi connectivity index (χ2v) is 5.30. The molecule has 0 saturated carbocycles. The molecule has 1 rings (SSSR count). The van der Waals surface area contributed by atoms with E-state index in [-0.39, 0.29) is 24.3 Å². The van der Waals surface area contributed by atoms with Gasteiger partial charge in [0.1, 0.15) is 0 Å². The molecule has 16 heavy (non-hydrogen) atoms. The predicted molar refractivity (Wildman–Crippen MR) is 64.5 cm³/mol. The Morgan fingerprint density at radius 3 is 2.81 bits per heavy atom. The van der Waals surface area contributed by atoms with Crippen LogP contribution in [0.25, 0.3) is 0 Å². The van der Waals surface area contributed by atoms with Crippen LogP contribution in [0, 0.1) is 5.92 Å². The van der Waals surface area contributed by atoms with Gasteiger partial charge in [-0.25, -0.2) is 0 Å². The number of aliphatic carboxylic acids is 1. The third-order valence-electron chi connectivity index (χ3n) is 2.71. The summed E-state index contributed by atoms with van der Waals surface area (Å²) in [5.41, 5.74) is 0. The van der Waals surface area contributed by atoms with Crippen molar-refractivity contribution in [3.63, 3.8) is 0 Å². The van der Waals surface area contributed by atoms with E-state index in [1.165, 1.54) is 0 Å². The minimum Gasteiger partial charge on any atom is -0.481 e. The maximum Gasteiger partial charge on any atom is 0.305 e. The molecule has 1 heterocycles. The van der Waals surface area contributed by atoms with Crippen molar-refractivity contribution in [2.75, 3.05) is 11.5 Å². The molecule has 1 aliphatic heterocycles. The lowest BCUT2D eigenvalue weighted by molar-refractivity contribution is -0.137. The Morgan fingerprint density at radius 1 is 1.56 bits per heavy atom. The Kier molecular flexibility index (Phi) is 5.66. The lowest BCUT2D eigenvalue weighted by Crippen LogP contribution is -2.40. The van der Waals surface area contributed by atoms with Crippen molar-refractivity contribution in [1.29, 1.82) is 0 Å². The molecule has 4 nitrogen and oxygen atoms in total. The second-order valence-electron chi connectivity index (χ2n) is 4.15. The first kappa shape index (κ1) is 13.4. The summed E-state index contributed by atoms with van der Waals surface area (Å²) in [6.07, 6.45) is 2.57. The van der Waals surface area contributed by atoms with Gasteiger partial charge in [0, 0.05) is 17.7 Å². The Hall–Kier alpha value is -0.710. The fourth-order valence-electron chi connectivity index (χ4n) is 1.84. The highest BCUT2D eigenvalue weighted by Gasteiger charge is 2.25. The summed E-state index contributed by atoms with van der Waals surface area (Å²) in [5, 5.41) is 11.6. The SMILES string of the molecule is CCCC(CC(=O)O)NC(=O)C1CCSC1. The van der Waals surface area contributed by atoms with E-state index in [0.717, 1.165) is 30.8 Å². The zero-order valence-corrected chi connectivity index (χ0v) is 10.4. The smallest absolute Gasteiger partial charge is 0.305 e. The lowest BCUT2D eigenvalue weighted by Gasteiger charge is -2.18. The third kappa shape index (κ3) is 4.43. The van der Waals surface area contributed by atoms with Crippen LogP contribution in [0.3, 0.4) is 0 Å². The maximum atomic E-state index is 11.8. The molecule has 5 heteroatoms. The Morgan fingerprint density at radius 2 is 2.31 bits per heavy atom. The van der Waals surface area contributed by atoms with Gasteiger partial charge in [-0.3, -0.25) is 9.59 Å². The average Bonchev–Trinajstić information content (AvgIpc) is 2.69. The second kappa shape index (κ2) is 6.78. The maximum absolute atomic E-state index is 11.8. The van der Waals surface area contributed by atoms with Crippen molar-refractivity contribution in [2.24, 2.45) is 5.92 Å². The molecule has 0 aromatic heterocycles. The van der Waals surface area contributed by atoms with Crippen molar-refractivity contribution in [3.8, 4) is 0 Å². The van der Waals surface area contributed by atoms with Gasteiger partial charge in [-0.05, 0) is 18.6 Å². The van der Waals surface area contributed by atoms with Gasteiger partial charge in [0.05, 0.1) is 6.42 Å². The number of rotatable bonds is 6. The molecule has 0 aromatic carbocycles. The molecule has 0 bridgehead atoms. The minimum absolute atomic E-state index is 0.0272. The van der Waals surface area contributed by atoms with Crippen molar-refractivity contribution in [2.45, 2.75) is 38.6 Å². The number of thioether (sulfide) groups is 1. The van der Waals surface area contributed by atoms with Crippen LogP contribution in [0.4, 0.5) is 0 Å². The highest BCUT2D eigenvalue weighted by Crippen LogP contribution is 2.23. The highest BCUT2D eigenvalue weighted by molar-refractivity contribution is 7.99. The monoisotopic (exact) mass is 245 g/mol. The zero-order chi connectivity index (χ0) is 12.0. The fourth-order valence-corrected chi connectivity index (χ4v) is 3.07. The van der Waals surface area contributed by atoms with Crippen LogP contribution in [-0.4, -0.2) is 34.5 Å². The number of amides is 1. The van der Waals surface area contributed by atoms with E-state index in [2.05, 4.69) is 5.32 Å². The first-order valence-electron chi connectivity index (χ1n) is 5.73. The summed E-state index contributed by atoms with van der Waals surface area (Å²) in [7, 11) is 0. The molecule has 2 unspecified atom stereocenters. The molecule has 0 spiro atoms. The van der Waals surface area contributed by atoms with E-state index in [4.69, 9.17) is 5.11 Å². The largest absolute Gasteiger partial charge is 0.481 e. The summed E-state index contributed by atoms with van der Waals surface area (Å²) in [6.45, 7) is 1.99. The minimum atomic E-state index is -0.848. The van der Waals surface area contributed by atoms with Crippen molar-refractivity contribution in [1.82, 2.24) is 5.32 Å².